The first-order valence-corrected chi connectivity index (χ1v) is 12.3. The van der Waals surface area contributed by atoms with Crippen molar-refractivity contribution in [1.29, 1.82) is 0 Å². The lowest BCUT2D eigenvalue weighted by atomic mass is 9.96. The molecule has 1 saturated heterocycles. The van der Waals surface area contributed by atoms with Crippen molar-refractivity contribution in [3.05, 3.63) is 47.7 Å². The van der Waals surface area contributed by atoms with Crippen LogP contribution in [0.5, 0.6) is 11.6 Å². The van der Waals surface area contributed by atoms with Gasteiger partial charge in [-0.3, -0.25) is 9.97 Å². The Morgan fingerprint density at radius 1 is 1.29 bits per heavy atom. The molecule has 5 heterocycles. The molecule has 0 spiro atoms. The van der Waals surface area contributed by atoms with Crippen LogP contribution in [0.2, 0.25) is 0 Å². The standard InChI is InChI=1S/C24H27FN4O4S/c1-31-23-5-3-18-24(29-23)16(17(25)11-28-18)9-19(30)20-4-2-14(13-33-20)26-10-15-8-21-22(12-27-15)34-7-6-32-21/h3,5,8,11-12,14,19-20,26,30H,2,4,6-7,9-10,13H2,1H3/t14-,19+,20+/m1/s1. The molecule has 0 unspecified atom stereocenters. The predicted octanol–water partition coefficient (Wildman–Crippen LogP) is 2.90. The van der Waals surface area contributed by atoms with Crippen LogP contribution in [-0.4, -0.2) is 64.4 Å². The molecule has 0 saturated carbocycles. The van der Waals surface area contributed by atoms with Crippen LogP contribution in [-0.2, 0) is 17.7 Å². The number of aliphatic hydroxyl groups excluding tert-OH is 1. The fourth-order valence-corrected chi connectivity index (χ4v) is 5.07. The largest absolute Gasteiger partial charge is 0.491 e. The van der Waals surface area contributed by atoms with Gasteiger partial charge in [-0.15, -0.1) is 11.8 Å². The second-order valence-corrected chi connectivity index (χ2v) is 9.56. The summed E-state index contributed by atoms with van der Waals surface area (Å²) in [6.45, 7) is 1.80. The maximum absolute atomic E-state index is 14.6. The summed E-state index contributed by atoms with van der Waals surface area (Å²) >= 11 is 1.76. The van der Waals surface area contributed by atoms with Crippen LogP contribution in [0, 0.1) is 5.82 Å². The Hall–Kier alpha value is -2.53. The van der Waals surface area contributed by atoms with Gasteiger partial charge in [-0.1, -0.05) is 0 Å². The van der Waals surface area contributed by atoms with Crippen LogP contribution in [0.1, 0.15) is 24.1 Å². The molecule has 0 amide bonds. The second-order valence-electron chi connectivity index (χ2n) is 8.42. The van der Waals surface area contributed by atoms with Crippen LogP contribution in [0.15, 0.2) is 35.5 Å². The fourth-order valence-electron chi connectivity index (χ4n) is 4.30. The van der Waals surface area contributed by atoms with E-state index in [-0.39, 0.29) is 18.6 Å². The fraction of sp³-hybridized carbons (Fsp3) is 0.458. The van der Waals surface area contributed by atoms with E-state index in [0.29, 0.717) is 42.0 Å². The molecule has 180 valence electrons. The lowest BCUT2D eigenvalue weighted by molar-refractivity contribution is -0.0719. The molecule has 2 N–H and O–H groups in total. The normalized spacial score (nSPS) is 21.0. The van der Waals surface area contributed by atoms with Gasteiger partial charge in [-0.2, -0.15) is 0 Å². The molecular formula is C24H27FN4O4S. The van der Waals surface area contributed by atoms with Gasteiger partial charge in [0.25, 0.3) is 0 Å². The minimum atomic E-state index is -0.856. The van der Waals surface area contributed by atoms with Crippen LogP contribution in [0.4, 0.5) is 4.39 Å². The first-order valence-electron chi connectivity index (χ1n) is 11.4. The van der Waals surface area contributed by atoms with Crippen LogP contribution in [0.25, 0.3) is 11.0 Å². The predicted molar refractivity (Wildman–Crippen MR) is 126 cm³/mol. The molecule has 0 bridgehead atoms. The molecule has 0 aliphatic carbocycles. The summed E-state index contributed by atoms with van der Waals surface area (Å²) < 4.78 is 31.4. The molecule has 0 aromatic carbocycles. The molecule has 1 fully saturated rings. The summed E-state index contributed by atoms with van der Waals surface area (Å²) in [6.07, 6.45) is 3.39. The summed E-state index contributed by atoms with van der Waals surface area (Å²) in [5, 5.41) is 14.3. The van der Waals surface area contributed by atoms with Gasteiger partial charge in [0.1, 0.15) is 11.6 Å². The van der Waals surface area contributed by atoms with E-state index in [2.05, 4.69) is 20.3 Å². The van der Waals surface area contributed by atoms with E-state index in [0.717, 1.165) is 35.1 Å². The van der Waals surface area contributed by atoms with E-state index >= 15 is 0 Å². The van der Waals surface area contributed by atoms with Gasteiger partial charge in [0.15, 0.2) is 0 Å². The molecule has 34 heavy (non-hydrogen) atoms. The van der Waals surface area contributed by atoms with E-state index in [1.807, 2.05) is 12.3 Å². The monoisotopic (exact) mass is 486 g/mol. The molecule has 0 radical (unpaired) electrons. The highest BCUT2D eigenvalue weighted by atomic mass is 32.2. The van der Waals surface area contributed by atoms with Crippen molar-refractivity contribution in [1.82, 2.24) is 20.3 Å². The molecule has 2 aliphatic heterocycles. The number of halogens is 1. The highest BCUT2D eigenvalue weighted by Crippen LogP contribution is 2.32. The van der Waals surface area contributed by atoms with E-state index in [1.54, 1.807) is 23.9 Å². The summed E-state index contributed by atoms with van der Waals surface area (Å²) in [5.41, 5.74) is 2.19. The molecule has 10 heteroatoms. The first-order chi connectivity index (χ1) is 16.6. The molecule has 3 atom stereocenters. The van der Waals surface area contributed by atoms with Gasteiger partial charge < -0.3 is 24.6 Å². The van der Waals surface area contributed by atoms with Gasteiger partial charge in [-0.25, -0.2) is 9.37 Å². The molecule has 5 rings (SSSR count). The number of pyridine rings is 3. The third-order valence-corrected chi connectivity index (χ3v) is 7.15. The van der Waals surface area contributed by atoms with E-state index in [4.69, 9.17) is 14.2 Å². The second kappa shape index (κ2) is 10.4. The van der Waals surface area contributed by atoms with Crippen molar-refractivity contribution in [2.45, 2.75) is 49.0 Å². The van der Waals surface area contributed by atoms with Gasteiger partial charge in [-0.05, 0) is 18.9 Å². The van der Waals surface area contributed by atoms with E-state index in [9.17, 15) is 9.50 Å². The van der Waals surface area contributed by atoms with Gasteiger partial charge >= 0.3 is 0 Å². The van der Waals surface area contributed by atoms with Crippen LogP contribution in [0.3, 0.4) is 0 Å². The SMILES string of the molecule is COc1ccc2ncc(F)c(C[C@H](O)[C@@H]3CC[C@@H](NCc4cc5c(cn4)SCCO5)CO3)c2n1. The maximum Gasteiger partial charge on any atom is 0.213 e. The number of fused-ring (bicyclic) bond motifs is 2. The topological polar surface area (TPSA) is 98.6 Å². The number of ether oxygens (including phenoxy) is 3. The minimum Gasteiger partial charge on any atom is -0.491 e. The quantitative estimate of drug-likeness (QED) is 0.522. The van der Waals surface area contributed by atoms with Crippen molar-refractivity contribution in [3.8, 4) is 11.6 Å². The Kier molecular flexibility index (Phi) is 7.10. The summed E-state index contributed by atoms with van der Waals surface area (Å²) in [6, 6.07) is 5.55. The molecule has 2 aliphatic rings. The highest BCUT2D eigenvalue weighted by Gasteiger charge is 2.29. The lowest BCUT2D eigenvalue weighted by Gasteiger charge is -2.32. The van der Waals surface area contributed by atoms with Crippen molar-refractivity contribution < 1.29 is 23.7 Å². The Morgan fingerprint density at radius 2 is 2.21 bits per heavy atom. The molecular weight excluding hydrogens is 459 g/mol. The Morgan fingerprint density at radius 3 is 3.03 bits per heavy atom. The number of aliphatic hydroxyl groups is 1. The number of hydrogen-bond donors (Lipinski definition) is 2. The zero-order valence-corrected chi connectivity index (χ0v) is 19.7. The van der Waals surface area contributed by atoms with E-state index in [1.165, 1.54) is 13.3 Å². The molecule has 8 nitrogen and oxygen atoms in total. The zero-order chi connectivity index (χ0) is 23.5. The molecule has 3 aromatic heterocycles. The third-order valence-electron chi connectivity index (χ3n) is 6.16. The third kappa shape index (κ3) is 5.10. The molecule has 3 aromatic rings. The van der Waals surface area contributed by atoms with Crippen molar-refractivity contribution in [2.75, 3.05) is 26.1 Å². The number of nitrogens with one attached hydrogen (secondary N) is 1. The van der Waals surface area contributed by atoms with Crippen molar-refractivity contribution in [2.24, 2.45) is 0 Å². The smallest absolute Gasteiger partial charge is 0.213 e. The highest BCUT2D eigenvalue weighted by molar-refractivity contribution is 7.99. The van der Waals surface area contributed by atoms with Gasteiger partial charge in [0.2, 0.25) is 5.88 Å². The van der Waals surface area contributed by atoms with Crippen molar-refractivity contribution >= 4 is 22.8 Å². The summed E-state index contributed by atoms with van der Waals surface area (Å²) in [4.78, 5) is 14.0. The zero-order valence-electron chi connectivity index (χ0n) is 18.9. The number of methoxy groups -OCH3 is 1. The van der Waals surface area contributed by atoms with Crippen molar-refractivity contribution in [3.63, 3.8) is 0 Å². The summed E-state index contributed by atoms with van der Waals surface area (Å²) in [7, 11) is 1.50. The Bertz CT molecular complexity index is 1160. The number of thioether (sulfide) groups is 1. The van der Waals surface area contributed by atoms with E-state index < -0.39 is 11.9 Å². The van der Waals surface area contributed by atoms with Gasteiger partial charge in [0.05, 0.1) is 60.4 Å². The average molecular weight is 487 g/mol. The maximum atomic E-state index is 14.6. The van der Waals surface area contributed by atoms with Gasteiger partial charge in [0, 0.05) is 48.7 Å². The lowest BCUT2D eigenvalue weighted by Crippen LogP contribution is -2.44. The number of nitrogens with zero attached hydrogens (tertiary/aromatic N) is 3. The van der Waals surface area contributed by atoms with Crippen LogP contribution < -0.4 is 14.8 Å². The minimum absolute atomic E-state index is 0.0881. The Labute approximate surface area is 201 Å². The number of aromatic nitrogens is 3. The Balaban J connectivity index is 1.16. The van der Waals surface area contributed by atoms with Crippen LogP contribution >= 0.6 is 11.8 Å². The summed E-state index contributed by atoms with van der Waals surface area (Å²) in [5.74, 6) is 1.72. The average Bonchev–Trinajstić information content (AvgIpc) is 2.89. The number of hydrogen-bond acceptors (Lipinski definition) is 9. The first kappa shape index (κ1) is 23.2. The number of rotatable bonds is 7.